The molecule has 0 aliphatic carbocycles. The molecule has 2 aromatic heterocycles. The summed E-state index contributed by atoms with van der Waals surface area (Å²) >= 11 is 1.44. The average molecular weight is 290 g/mol. The van der Waals surface area contributed by atoms with Crippen molar-refractivity contribution in [1.82, 2.24) is 15.1 Å². The van der Waals surface area contributed by atoms with Gasteiger partial charge >= 0.3 is 0 Å². The van der Waals surface area contributed by atoms with Crippen LogP contribution in [0.3, 0.4) is 0 Å². The third-order valence-electron chi connectivity index (χ3n) is 2.80. The van der Waals surface area contributed by atoms with E-state index in [1.54, 1.807) is 13.0 Å². The maximum atomic E-state index is 13.1. The molecule has 0 radical (unpaired) electrons. The lowest BCUT2D eigenvalue weighted by molar-refractivity contribution is 0.431. The Morgan fingerprint density at radius 3 is 2.90 bits per heavy atom. The molecule has 0 atom stereocenters. The molecule has 0 amide bonds. The van der Waals surface area contributed by atoms with Crippen LogP contribution in [0.25, 0.3) is 23.0 Å². The van der Waals surface area contributed by atoms with Gasteiger partial charge in [0, 0.05) is 17.5 Å². The molecule has 0 fully saturated rings. The van der Waals surface area contributed by atoms with Gasteiger partial charge < -0.3 is 10.3 Å². The fraction of sp³-hybridized carbons (Fsp3) is 0.154. The number of nitrogens with two attached hydrogens (primary N) is 1. The van der Waals surface area contributed by atoms with E-state index in [2.05, 4.69) is 15.1 Å². The Kier molecular flexibility index (Phi) is 3.29. The van der Waals surface area contributed by atoms with Gasteiger partial charge in [-0.1, -0.05) is 5.16 Å². The fourth-order valence-corrected chi connectivity index (χ4v) is 2.47. The van der Waals surface area contributed by atoms with Crippen molar-refractivity contribution in [3.63, 3.8) is 0 Å². The Bertz CT molecular complexity index is 752. The number of aromatic nitrogens is 3. The molecule has 5 nitrogen and oxygen atoms in total. The van der Waals surface area contributed by atoms with Crippen molar-refractivity contribution in [2.45, 2.75) is 13.5 Å². The van der Waals surface area contributed by atoms with Crippen LogP contribution in [0.1, 0.15) is 10.6 Å². The van der Waals surface area contributed by atoms with Crippen molar-refractivity contribution in [1.29, 1.82) is 0 Å². The summed E-state index contributed by atoms with van der Waals surface area (Å²) in [6.45, 7) is 2.17. The molecule has 7 heteroatoms. The highest BCUT2D eigenvalue weighted by molar-refractivity contribution is 7.09. The van der Waals surface area contributed by atoms with Crippen LogP contribution in [-0.4, -0.2) is 15.1 Å². The lowest BCUT2D eigenvalue weighted by atomic mass is 10.1. The maximum Gasteiger partial charge on any atom is 0.277 e. The van der Waals surface area contributed by atoms with Gasteiger partial charge in [-0.15, -0.1) is 11.3 Å². The van der Waals surface area contributed by atoms with Crippen LogP contribution in [0.4, 0.5) is 4.39 Å². The lowest BCUT2D eigenvalue weighted by Crippen LogP contribution is -1.94. The second-order valence-electron chi connectivity index (χ2n) is 4.21. The molecular weight excluding hydrogens is 279 g/mol. The predicted molar refractivity (Wildman–Crippen MR) is 73.4 cm³/mol. The summed E-state index contributed by atoms with van der Waals surface area (Å²) in [5.74, 6) is 0.460. The highest BCUT2D eigenvalue weighted by Gasteiger charge is 2.15. The van der Waals surface area contributed by atoms with Crippen molar-refractivity contribution >= 4 is 11.3 Å². The van der Waals surface area contributed by atoms with Gasteiger partial charge in [0.2, 0.25) is 5.82 Å². The molecule has 2 heterocycles. The van der Waals surface area contributed by atoms with Crippen LogP contribution in [0.2, 0.25) is 0 Å². The van der Waals surface area contributed by atoms with E-state index in [9.17, 15) is 4.39 Å². The van der Waals surface area contributed by atoms with Gasteiger partial charge in [-0.25, -0.2) is 9.37 Å². The first-order valence-electron chi connectivity index (χ1n) is 5.92. The molecule has 0 bridgehead atoms. The molecule has 0 saturated heterocycles. The summed E-state index contributed by atoms with van der Waals surface area (Å²) in [4.78, 5) is 8.57. The van der Waals surface area contributed by atoms with Gasteiger partial charge in [0.15, 0.2) is 0 Å². The Balaban J connectivity index is 1.97. The molecule has 0 saturated carbocycles. The summed E-state index contributed by atoms with van der Waals surface area (Å²) in [6.07, 6.45) is 0. The third-order valence-corrected chi connectivity index (χ3v) is 3.67. The van der Waals surface area contributed by atoms with E-state index in [0.29, 0.717) is 24.0 Å². The zero-order valence-electron chi connectivity index (χ0n) is 10.6. The number of thiazole rings is 1. The number of halogens is 1. The van der Waals surface area contributed by atoms with Crippen LogP contribution in [0.5, 0.6) is 0 Å². The zero-order valence-corrected chi connectivity index (χ0v) is 11.4. The summed E-state index contributed by atoms with van der Waals surface area (Å²) < 4.78 is 18.3. The summed E-state index contributed by atoms with van der Waals surface area (Å²) in [7, 11) is 0. The molecule has 0 unspecified atom stereocenters. The topological polar surface area (TPSA) is 77.8 Å². The second kappa shape index (κ2) is 5.10. The first kappa shape index (κ1) is 12.9. The molecule has 3 aromatic rings. The molecular formula is C13H11FN4OS. The van der Waals surface area contributed by atoms with Crippen molar-refractivity contribution in [2.75, 3.05) is 0 Å². The average Bonchev–Trinajstić information content (AvgIpc) is 3.07. The Morgan fingerprint density at radius 2 is 2.20 bits per heavy atom. The van der Waals surface area contributed by atoms with Crippen LogP contribution >= 0.6 is 11.3 Å². The largest absolute Gasteiger partial charge is 0.332 e. The summed E-state index contributed by atoms with van der Waals surface area (Å²) in [5.41, 5.74) is 7.60. The molecule has 20 heavy (non-hydrogen) atoms. The van der Waals surface area contributed by atoms with E-state index in [0.717, 1.165) is 16.1 Å². The van der Waals surface area contributed by atoms with Crippen molar-refractivity contribution in [2.24, 2.45) is 5.73 Å². The molecule has 0 spiro atoms. The number of aryl methyl sites for hydroxylation is 1. The van der Waals surface area contributed by atoms with Gasteiger partial charge in [-0.2, -0.15) is 4.98 Å². The molecule has 3 rings (SSSR count). The lowest BCUT2D eigenvalue weighted by Gasteiger charge is -1.99. The van der Waals surface area contributed by atoms with Gasteiger partial charge in [0.05, 0.1) is 0 Å². The number of hydrogen-bond donors (Lipinski definition) is 1. The molecule has 1 aromatic carbocycles. The van der Waals surface area contributed by atoms with Crippen molar-refractivity contribution in [3.05, 3.63) is 40.0 Å². The third kappa shape index (κ3) is 2.33. The van der Waals surface area contributed by atoms with Gasteiger partial charge in [-0.3, -0.25) is 0 Å². The second-order valence-corrected chi connectivity index (χ2v) is 5.16. The van der Waals surface area contributed by atoms with E-state index in [-0.39, 0.29) is 5.82 Å². The number of benzene rings is 1. The van der Waals surface area contributed by atoms with E-state index in [1.807, 2.05) is 5.38 Å². The van der Waals surface area contributed by atoms with E-state index in [4.69, 9.17) is 10.3 Å². The minimum atomic E-state index is -0.290. The molecule has 2 N–H and O–H groups in total. The maximum absolute atomic E-state index is 13.1. The first-order valence-corrected chi connectivity index (χ1v) is 6.80. The zero-order chi connectivity index (χ0) is 14.1. The summed E-state index contributed by atoms with van der Waals surface area (Å²) in [5, 5.41) is 6.53. The normalized spacial score (nSPS) is 10.9. The Labute approximate surface area is 118 Å². The molecule has 102 valence electrons. The molecule has 0 aliphatic rings. The minimum absolute atomic E-state index is 0.290. The quantitative estimate of drug-likeness (QED) is 0.802. The monoisotopic (exact) mass is 290 g/mol. The van der Waals surface area contributed by atoms with Crippen LogP contribution in [-0.2, 0) is 6.54 Å². The first-order chi connectivity index (χ1) is 9.67. The van der Waals surface area contributed by atoms with E-state index in [1.165, 1.54) is 23.5 Å². The van der Waals surface area contributed by atoms with Gasteiger partial charge in [-0.05, 0) is 30.7 Å². The Morgan fingerprint density at radius 1 is 1.35 bits per heavy atom. The van der Waals surface area contributed by atoms with Crippen molar-refractivity contribution in [3.8, 4) is 23.0 Å². The van der Waals surface area contributed by atoms with Crippen molar-refractivity contribution < 1.29 is 8.91 Å². The number of nitrogens with zero attached hydrogens (tertiary/aromatic N) is 3. The Hall–Kier alpha value is -2.12. The molecule has 0 aliphatic heterocycles. The highest BCUT2D eigenvalue weighted by Crippen LogP contribution is 2.25. The number of rotatable bonds is 3. The smallest absolute Gasteiger partial charge is 0.277 e. The SMILES string of the molecule is Cc1cc(F)ccc1-c1noc(-c2csc(CN)n2)n1. The minimum Gasteiger partial charge on any atom is -0.332 e. The van der Waals surface area contributed by atoms with Crippen LogP contribution < -0.4 is 5.73 Å². The predicted octanol–water partition coefficient (Wildman–Crippen LogP) is 2.77. The highest BCUT2D eigenvalue weighted by atomic mass is 32.1. The van der Waals surface area contributed by atoms with Crippen LogP contribution in [0, 0.1) is 12.7 Å². The van der Waals surface area contributed by atoms with Gasteiger partial charge in [0.25, 0.3) is 5.89 Å². The number of hydrogen-bond acceptors (Lipinski definition) is 6. The van der Waals surface area contributed by atoms with E-state index < -0.39 is 0 Å². The fourth-order valence-electron chi connectivity index (χ4n) is 1.82. The van der Waals surface area contributed by atoms with Gasteiger partial charge in [0.1, 0.15) is 16.5 Å². The van der Waals surface area contributed by atoms with Crippen LogP contribution in [0.15, 0.2) is 28.1 Å². The standard InChI is InChI=1S/C13H11FN4OS/c1-7-4-8(14)2-3-9(7)12-17-13(19-18-12)10-6-20-11(5-15)16-10/h2-4,6H,5,15H2,1H3. The van der Waals surface area contributed by atoms with E-state index >= 15 is 0 Å². The summed E-state index contributed by atoms with van der Waals surface area (Å²) in [6, 6.07) is 4.43.